The third-order valence-electron chi connectivity index (χ3n) is 3.55. The minimum absolute atomic E-state index is 0.0442. The van der Waals surface area contributed by atoms with Gasteiger partial charge in [0, 0.05) is 31.7 Å². The lowest BCUT2D eigenvalue weighted by atomic mass is 10.2. The Hall–Kier alpha value is -1.88. The number of likely N-dealkylation sites (N-methyl/N-ethyl adjacent to an activating group) is 1. The van der Waals surface area contributed by atoms with E-state index < -0.39 is 10.0 Å². The van der Waals surface area contributed by atoms with Gasteiger partial charge in [0.25, 0.3) is 5.91 Å². The van der Waals surface area contributed by atoms with Crippen LogP contribution in [0.2, 0.25) is 0 Å². The second-order valence-corrected chi connectivity index (χ2v) is 6.92. The maximum absolute atomic E-state index is 12.5. The van der Waals surface area contributed by atoms with Crippen molar-refractivity contribution in [3.63, 3.8) is 0 Å². The number of terminal acetylenes is 1. The summed E-state index contributed by atoms with van der Waals surface area (Å²) in [4.78, 5) is 16.4. The van der Waals surface area contributed by atoms with E-state index in [9.17, 15) is 13.2 Å². The molecule has 6 nitrogen and oxygen atoms in total. The van der Waals surface area contributed by atoms with Crippen LogP contribution in [0, 0.1) is 12.3 Å². The lowest BCUT2D eigenvalue weighted by Crippen LogP contribution is -2.47. The van der Waals surface area contributed by atoms with Crippen molar-refractivity contribution < 1.29 is 13.2 Å². The zero-order chi connectivity index (χ0) is 16.2. The molecule has 22 heavy (non-hydrogen) atoms. The predicted molar refractivity (Wildman–Crippen MR) is 83.9 cm³/mol. The molecule has 0 aromatic heterocycles. The summed E-state index contributed by atoms with van der Waals surface area (Å²) in [6.45, 7) is 2.82. The molecule has 118 valence electrons. The molecule has 1 aromatic rings. The summed E-state index contributed by atoms with van der Waals surface area (Å²) in [5, 5.41) is 0. The molecule has 0 bridgehead atoms. The number of rotatable bonds is 4. The van der Waals surface area contributed by atoms with E-state index in [4.69, 9.17) is 6.42 Å². The number of hydrogen-bond donors (Lipinski definition) is 1. The topological polar surface area (TPSA) is 69.7 Å². The van der Waals surface area contributed by atoms with E-state index in [1.54, 1.807) is 17.0 Å². The summed E-state index contributed by atoms with van der Waals surface area (Å²) in [6.07, 6.45) is 5.06. The number of amides is 1. The fourth-order valence-electron chi connectivity index (χ4n) is 2.21. The van der Waals surface area contributed by atoms with E-state index in [-0.39, 0.29) is 17.3 Å². The molecule has 0 saturated carbocycles. The van der Waals surface area contributed by atoms with E-state index in [1.807, 2.05) is 7.05 Å². The number of benzene rings is 1. The maximum Gasteiger partial charge on any atom is 0.253 e. The first-order valence-corrected chi connectivity index (χ1v) is 8.43. The number of carbonyl (C=O) groups excluding carboxylic acids is 1. The maximum atomic E-state index is 12.5. The third-order valence-corrected chi connectivity index (χ3v) is 4.94. The van der Waals surface area contributed by atoms with Crippen molar-refractivity contribution in [3.8, 4) is 12.3 Å². The lowest BCUT2D eigenvalue weighted by Gasteiger charge is -2.32. The van der Waals surface area contributed by atoms with Gasteiger partial charge in [-0.2, -0.15) is 4.72 Å². The smallest absolute Gasteiger partial charge is 0.253 e. The second kappa shape index (κ2) is 6.92. The first-order chi connectivity index (χ1) is 10.4. The Morgan fingerprint density at radius 2 is 2.00 bits per heavy atom. The number of hydrogen-bond acceptors (Lipinski definition) is 4. The average Bonchev–Trinajstić information content (AvgIpc) is 2.53. The highest BCUT2D eigenvalue weighted by molar-refractivity contribution is 7.89. The molecule has 1 aliphatic rings. The standard InChI is InChI=1S/C15H19N3O3S/c1-3-7-16-22(20,21)14-6-4-5-13(12-14)15(19)18-10-8-17(2)9-11-18/h1,4-6,12,16H,7-11H2,2H3. The number of carbonyl (C=O) groups is 1. The summed E-state index contributed by atoms with van der Waals surface area (Å²) in [7, 11) is -1.68. The number of nitrogens with zero attached hydrogens (tertiary/aromatic N) is 2. The molecule has 1 aromatic carbocycles. The van der Waals surface area contributed by atoms with Crippen molar-refractivity contribution in [1.29, 1.82) is 0 Å². The van der Waals surface area contributed by atoms with Crippen molar-refractivity contribution in [3.05, 3.63) is 29.8 Å². The van der Waals surface area contributed by atoms with Gasteiger partial charge in [0.1, 0.15) is 0 Å². The summed E-state index contributed by atoms with van der Waals surface area (Å²) in [6, 6.07) is 6.02. The van der Waals surface area contributed by atoms with Crippen molar-refractivity contribution in [2.45, 2.75) is 4.90 Å². The Balaban J connectivity index is 2.18. The third kappa shape index (κ3) is 3.85. The highest BCUT2D eigenvalue weighted by atomic mass is 32.2. The number of nitrogens with one attached hydrogen (secondary N) is 1. The van der Waals surface area contributed by atoms with Crippen LogP contribution in [0.1, 0.15) is 10.4 Å². The Labute approximate surface area is 131 Å². The Morgan fingerprint density at radius 1 is 1.32 bits per heavy atom. The molecule has 1 saturated heterocycles. The molecule has 0 atom stereocenters. The fourth-order valence-corrected chi connectivity index (χ4v) is 3.19. The highest BCUT2D eigenvalue weighted by Crippen LogP contribution is 2.14. The molecule has 0 spiro atoms. The molecule has 0 unspecified atom stereocenters. The van der Waals surface area contributed by atoms with Crippen LogP contribution in [0.15, 0.2) is 29.2 Å². The molecule has 0 radical (unpaired) electrons. The van der Waals surface area contributed by atoms with Crippen LogP contribution in [0.25, 0.3) is 0 Å². The van der Waals surface area contributed by atoms with E-state index in [2.05, 4.69) is 15.5 Å². The molecule has 1 N–H and O–H groups in total. The van der Waals surface area contributed by atoms with Crippen LogP contribution in [0.3, 0.4) is 0 Å². The SMILES string of the molecule is C#CCNS(=O)(=O)c1cccc(C(=O)N2CCN(C)CC2)c1. The lowest BCUT2D eigenvalue weighted by molar-refractivity contribution is 0.0664. The van der Waals surface area contributed by atoms with Gasteiger partial charge in [0.05, 0.1) is 11.4 Å². The molecule has 0 aliphatic carbocycles. The van der Waals surface area contributed by atoms with Gasteiger partial charge in [-0.1, -0.05) is 12.0 Å². The fraction of sp³-hybridized carbons (Fsp3) is 0.400. The van der Waals surface area contributed by atoms with Crippen molar-refractivity contribution in [2.75, 3.05) is 39.8 Å². The molecule has 1 heterocycles. The molecule has 7 heteroatoms. The van der Waals surface area contributed by atoms with Crippen LogP contribution >= 0.6 is 0 Å². The number of piperazine rings is 1. The number of sulfonamides is 1. The van der Waals surface area contributed by atoms with Crippen LogP contribution in [0.5, 0.6) is 0 Å². The van der Waals surface area contributed by atoms with E-state index in [1.165, 1.54) is 12.1 Å². The average molecular weight is 321 g/mol. The minimum Gasteiger partial charge on any atom is -0.336 e. The van der Waals surface area contributed by atoms with Gasteiger partial charge >= 0.3 is 0 Å². The second-order valence-electron chi connectivity index (χ2n) is 5.15. The van der Waals surface area contributed by atoms with Crippen molar-refractivity contribution in [1.82, 2.24) is 14.5 Å². The summed E-state index contributed by atoms with van der Waals surface area (Å²) < 4.78 is 26.4. The van der Waals surface area contributed by atoms with E-state index in [0.717, 1.165) is 13.1 Å². The molecule has 2 rings (SSSR count). The van der Waals surface area contributed by atoms with Crippen molar-refractivity contribution in [2.24, 2.45) is 0 Å². The van der Waals surface area contributed by atoms with Gasteiger partial charge in [-0.15, -0.1) is 6.42 Å². The predicted octanol–water partition coefficient (Wildman–Crippen LogP) is -0.0143. The van der Waals surface area contributed by atoms with Crippen LogP contribution in [-0.2, 0) is 10.0 Å². The molecular formula is C15H19N3O3S. The summed E-state index contributed by atoms with van der Waals surface area (Å²) in [5.41, 5.74) is 0.369. The Bertz CT molecular complexity index is 686. The normalized spacial score (nSPS) is 16.3. The van der Waals surface area contributed by atoms with Gasteiger partial charge in [0.15, 0.2) is 0 Å². The zero-order valence-electron chi connectivity index (χ0n) is 12.4. The largest absolute Gasteiger partial charge is 0.336 e. The zero-order valence-corrected chi connectivity index (χ0v) is 13.3. The summed E-state index contributed by atoms with van der Waals surface area (Å²) in [5.74, 6) is 2.07. The molecular weight excluding hydrogens is 302 g/mol. The van der Waals surface area contributed by atoms with Gasteiger partial charge in [-0.25, -0.2) is 8.42 Å². The van der Waals surface area contributed by atoms with Crippen LogP contribution in [0.4, 0.5) is 0 Å². The summed E-state index contributed by atoms with van der Waals surface area (Å²) >= 11 is 0. The van der Waals surface area contributed by atoms with E-state index in [0.29, 0.717) is 18.7 Å². The minimum atomic E-state index is -3.69. The Kier molecular flexibility index (Phi) is 5.19. The van der Waals surface area contributed by atoms with Crippen LogP contribution in [-0.4, -0.2) is 63.9 Å². The van der Waals surface area contributed by atoms with Crippen LogP contribution < -0.4 is 4.72 Å². The first kappa shape index (κ1) is 16.5. The quantitative estimate of drug-likeness (QED) is 0.792. The van der Waals surface area contributed by atoms with Crippen molar-refractivity contribution >= 4 is 15.9 Å². The van der Waals surface area contributed by atoms with E-state index >= 15 is 0 Å². The molecule has 1 fully saturated rings. The highest BCUT2D eigenvalue weighted by Gasteiger charge is 2.22. The monoisotopic (exact) mass is 321 g/mol. The van der Waals surface area contributed by atoms with Gasteiger partial charge < -0.3 is 9.80 Å². The Morgan fingerprint density at radius 3 is 2.64 bits per heavy atom. The van der Waals surface area contributed by atoms with Gasteiger partial charge in [-0.05, 0) is 25.2 Å². The van der Waals surface area contributed by atoms with Gasteiger partial charge in [-0.3, -0.25) is 4.79 Å². The first-order valence-electron chi connectivity index (χ1n) is 6.95. The molecule has 1 amide bonds. The van der Waals surface area contributed by atoms with Gasteiger partial charge in [0.2, 0.25) is 10.0 Å². The molecule has 1 aliphatic heterocycles.